The van der Waals surface area contributed by atoms with Crippen molar-refractivity contribution in [2.24, 2.45) is 0 Å². The van der Waals surface area contributed by atoms with E-state index in [1.807, 2.05) is 0 Å². The Morgan fingerprint density at radius 3 is 2.31 bits per heavy atom. The summed E-state index contributed by atoms with van der Waals surface area (Å²) in [4.78, 5) is 11.0. The van der Waals surface area contributed by atoms with Crippen molar-refractivity contribution in [2.75, 3.05) is 20.3 Å². The first-order valence-corrected chi connectivity index (χ1v) is 3.72. The molecule has 0 aromatic heterocycles. The molecular formula is C7H14O6. The zero-order valence-corrected chi connectivity index (χ0v) is 7.25. The van der Waals surface area contributed by atoms with Crippen LogP contribution in [0.25, 0.3) is 0 Å². The van der Waals surface area contributed by atoms with E-state index in [0.717, 1.165) is 0 Å². The maximum atomic E-state index is 11.0. The number of carbonyl (C=O) groups excluding carboxylic acids is 1. The van der Waals surface area contributed by atoms with Crippen molar-refractivity contribution < 1.29 is 30.0 Å². The molecule has 0 heterocycles. The Hall–Kier alpha value is -0.530. The van der Waals surface area contributed by atoms with Gasteiger partial charge in [0.1, 0.15) is 18.3 Å². The van der Waals surface area contributed by atoms with Crippen LogP contribution in [0.3, 0.4) is 0 Å². The Morgan fingerprint density at radius 2 is 1.92 bits per heavy atom. The molecule has 0 spiro atoms. The highest BCUT2D eigenvalue weighted by Gasteiger charge is 2.28. The molecule has 0 aliphatic rings. The van der Waals surface area contributed by atoms with Crippen molar-refractivity contribution in [1.29, 1.82) is 0 Å². The standard InChI is InChI=1S/C7H14O6/c1-13-3-5(10)7(12)6(11)4(9)2-8/h4-6,8-11H,2-3H2,1H3/t4-,5+,6+/m0/s1. The van der Waals surface area contributed by atoms with Gasteiger partial charge in [-0.15, -0.1) is 0 Å². The molecule has 3 atom stereocenters. The molecule has 0 radical (unpaired) electrons. The normalized spacial score (nSPS) is 17.9. The Kier molecular flexibility index (Phi) is 5.76. The molecule has 0 aliphatic carbocycles. The highest BCUT2D eigenvalue weighted by Crippen LogP contribution is 1.99. The summed E-state index contributed by atoms with van der Waals surface area (Å²) in [6.45, 7) is -0.999. The molecule has 78 valence electrons. The Balaban J connectivity index is 4.08. The first kappa shape index (κ1) is 12.5. The monoisotopic (exact) mass is 194 g/mol. The number of hydrogen-bond acceptors (Lipinski definition) is 6. The van der Waals surface area contributed by atoms with E-state index in [-0.39, 0.29) is 6.61 Å². The predicted octanol–water partition coefficient (Wildman–Crippen LogP) is -2.72. The van der Waals surface area contributed by atoms with Gasteiger partial charge in [-0.1, -0.05) is 0 Å². The van der Waals surface area contributed by atoms with Gasteiger partial charge in [-0.2, -0.15) is 0 Å². The van der Waals surface area contributed by atoms with Crippen LogP contribution >= 0.6 is 0 Å². The number of ketones is 1. The van der Waals surface area contributed by atoms with Crippen LogP contribution < -0.4 is 0 Å². The van der Waals surface area contributed by atoms with Crippen molar-refractivity contribution in [3.63, 3.8) is 0 Å². The summed E-state index contributed by atoms with van der Waals surface area (Å²) in [5.74, 6) is -0.969. The summed E-state index contributed by atoms with van der Waals surface area (Å²) < 4.78 is 4.46. The van der Waals surface area contributed by atoms with Gasteiger partial charge in [0, 0.05) is 7.11 Å². The summed E-state index contributed by atoms with van der Waals surface area (Å²) in [5, 5.41) is 35.2. The van der Waals surface area contributed by atoms with E-state index in [1.54, 1.807) is 0 Å². The maximum Gasteiger partial charge on any atom is 0.194 e. The molecule has 0 saturated carbocycles. The molecule has 6 heteroatoms. The number of carbonyl (C=O) groups is 1. The van der Waals surface area contributed by atoms with Gasteiger partial charge < -0.3 is 25.2 Å². The lowest BCUT2D eigenvalue weighted by molar-refractivity contribution is -0.145. The van der Waals surface area contributed by atoms with Gasteiger partial charge in [-0.25, -0.2) is 0 Å². The van der Waals surface area contributed by atoms with Crippen molar-refractivity contribution >= 4 is 5.78 Å². The summed E-state index contributed by atoms with van der Waals surface area (Å²) in [6, 6.07) is 0. The van der Waals surface area contributed by atoms with Crippen LogP contribution in [0.4, 0.5) is 0 Å². The van der Waals surface area contributed by atoms with Gasteiger partial charge in [0.2, 0.25) is 0 Å². The van der Waals surface area contributed by atoms with E-state index >= 15 is 0 Å². The van der Waals surface area contributed by atoms with Crippen molar-refractivity contribution in [2.45, 2.75) is 18.3 Å². The maximum absolute atomic E-state index is 11.0. The van der Waals surface area contributed by atoms with Gasteiger partial charge >= 0.3 is 0 Å². The van der Waals surface area contributed by atoms with Gasteiger partial charge in [-0.05, 0) is 0 Å². The van der Waals surface area contributed by atoms with Crippen molar-refractivity contribution in [3.8, 4) is 0 Å². The number of methoxy groups -OCH3 is 1. The quantitative estimate of drug-likeness (QED) is 0.366. The number of ether oxygens (including phenoxy) is 1. The number of rotatable bonds is 6. The second-order valence-corrected chi connectivity index (χ2v) is 2.57. The molecule has 4 N–H and O–H groups in total. The van der Waals surface area contributed by atoms with E-state index in [9.17, 15) is 4.79 Å². The van der Waals surface area contributed by atoms with E-state index < -0.39 is 30.7 Å². The topological polar surface area (TPSA) is 107 Å². The Bertz CT molecular complexity index is 159. The second-order valence-electron chi connectivity index (χ2n) is 2.57. The molecule has 0 aromatic rings. The minimum atomic E-state index is -1.78. The minimum Gasteiger partial charge on any atom is -0.394 e. The third-order valence-corrected chi connectivity index (χ3v) is 1.50. The van der Waals surface area contributed by atoms with E-state index in [2.05, 4.69) is 4.74 Å². The average molecular weight is 194 g/mol. The van der Waals surface area contributed by atoms with Crippen LogP contribution in [-0.4, -0.2) is 64.8 Å². The second kappa shape index (κ2) is 6.01. The first-order valence-electron chi connectivity index (χ1n) is 3.72. The third kappa shape index (κ3) is 3.79. The SMILES string of the molecule is COC[C@@H](O)C(=O)[C@H](O)[C@@H](O)CO. The van der Waals surface area contributed by atoms with Crippen LogP contribution in [-0.2, 0) is 9.53 Å². The fraction of sp³-hybridized carbons (Fsp3) is 0.857. The lowest BCUT2D eigenvalue weighted by atomic mass is 10.1. The molecule has 0 unspecified atom stereocenters. The molecule has 0 fully saturated rings. The largest absolute Gasteiger partial charge is 0.394 e. The molecule has 0 saturated heterocycles. The molecule has 13 heavy (non-hydrogen) atoms. The number of hydrogen-bond donors (Lipinski definition) is 4. The highest BCUT2D eigenvalue weighted by molar-refractivity contribution is 5.87. The van der Waals surface area contributed by atoms with Crippen LogP contribution in [0, 0.1) is 0 Å². The smallest absolute Gasteiger partial charge is 0.194 e. The Morgan fingerprint density at radius 1 is 1.38 bits per heavy atom. The van der Waals surface area contributed by atoms with Crippen molar-refractivity contribution in [3.05, 3.63) is 0 Å². The van der Waals surface area contributed by atoms with E-state index in [1.165, 1.54) is 7.11 Å². The van der Waals surface area contributed by atoms with Crippen LogP contribution in [0.15, 0.2) is 0 Å². The highest BCUT2D eigenvalue weighted by atomic mass is 16.5. The molecule has 0 amide bonds. The molecular weight excluding hydrogens is 180 g/mol. The fourth-order valence-electron chi connectivity index (χ4n) is 0.727. The van der Waals surface area contributed by atoms with Crippen molar-refractivity contribution in [1.82, 2.24) is 0 Å². The zero-order valence-electron chi connectivity index (χ0n) is 7.25. The van der Waals surface area contributed by atoms with Gasteiger partial charge in [0.05, 0.1) is 13.2 Å². The number of aliphatic hydroxyl groups excluding tert-OH is 4. The van der Waals surface area contributed by atoms with Gasteiger partial charge in [0.15, 0.2) is 5.78 Å². The zero-order chi connectivity index (χ0) is 10.4. The summed E-state index contributed by atoms with van der Waals surface area (Å²) >= 11 is 0. The Labute approximate surface area is 75.4 Å². The minimum absolute atomic E-state index is 0.256. The molecule has 6 nitrogen and oxygen atoms in total. The molecule has 0 aromatic carbocycles. The number of aliphatic hydroxyl groups is 4. The van der Waals surface area contributed by atoms with Crippen LogP contribution in [0.5, 0.6) is 0 Å². The van der Waals surface area contributed by atoms with Crippen LogP contribution in [0.1, 0.15) is 0 Å². The van der Waals surface area contributed by atoms with E-state index in [0.29, 0.717) is 0 Å². The lowest BCUT2D eigenvalue weighted by Gasteiger charge is -2.17. The summed E-state index contributed by atoms with van der Waals surface area (Å²) in [7, 11) is 1.28. The molecule has 0 rings (SSSR count). The molecule has 0 aliphatic heterocycles. The lowest BCUT2D eigenvalue weighted by Crippen LogP contribution is -2.43. The predicted molar refractivity (Wildman–Crippen MR) is 42.0 cm³/mol. The average Bonchev–Trinajstić information content (AvgIpc) is 2.14. The van der Waals surface area contributed by atoms with E-state index in [4.69, 9.17) is 20.4 Å². The third-order valence-electron chi connectivity index (χ3n) is 1.50. The van der Waals surface area contributed by atoms with Gasteiger partial charge in [0.25, 0.3) is 0 Å². The molecule has 0 bridgehead atoms. The van der Waals surface area contributed by atoms with Gasteiger partial charge in [-0.3, -0.25) is 4.79 Å². The summed E-state index contributed by atoms with van der Waals surface area (Å²) in [6.07, 6.45) is -4.84. The fourth-order valence-corrected chi connectivity index (χ4v) is 0.727. The number of Topliss-reactive ketones (excluding diaryl/α,β-unsaturated/α-hetero) is 1. The first-order chi connectivity index (χ1) is 6.04. The summed E-state index contributed by atoms with van der Waals surface area (Å²) in [5.41, 5.74) is 0. The van der Waals surface area contributed by atoms with Crippen LogP contribution in [0.2, 0.25) is 0 Å².